The molecular weight excluding hydrogens is 346 g/mol. The number of nitrogens with zero attached hydrogens (tertiary/aromatic N) is 2. The van der Waals surface area contributed by atoms with Crippen LogP contribution in [0.4, 0.5) is 11.5 Å². The number of aromatic nitrogens is 2. The minimum atomic E-state index is -0.187. The molecule has 1 unspecified atom stereocenters. The molecule has 0 bridgehead atoms. The Hall–Kier alpha value is -2.38. The Balaban J connectivity index is 2.44. The highest BCUT2D eigenvalue weighted by atomic mass is 16.5. The lowest BCUT2D eigenvalue weighted by Crippen LogP contribution is -2.31. The average molecular weight is 375 g/mol. The van der Waals surface area contributed by atoms with Crippen LogP contribution in [0.25, 0.3) is 0 Å². The topological polar surface area (TPSA) is 74.6 Å². The average Bonchev–Trinajstić information content (AvgIpc) is 2.63. The van der Waals surface area contributed by atoms with Crippen molar-refractivity contribution in [3.05, 3.63) is 45.5 Å². The van der Waals surface area contributed by atoms with Crippen LogP contribution in [0, 0.1) is 20.8 Å². The Morgan fingerprint density at radius 2 is 1.78 bits per heavy atom. The number of nitrogens with one attached hydrogen (secondary N) is 1. The smallest absolute Gasteiger partial charge is 0.294 e. The van der Waals surface area contributed by atoms with Crippen LogP contribution in [-0.2, 0) is 9.47 Å². The highest BCUT2D eigenvalue weighted by molar-refractivity contribution is 5.65. The van der Waals surface area contributed by atoms with Gasteiger partial charge in [0.05, 0.1) is 25.5 Å². The number of ether oxygens (including phenoxy) is 3. The summed E-state index contributed by atoms with van der Waals surface area (Å²) in [6.45, 7) is 6.78. The van der Waals surface area contributed by atoms with E-state index < -0.39 is 0 Å². The fourth-order valence-electron chi connectivity index (χ4n) is 3.09. The van der Waals surface area contributed by atoms with Gasteiger partial charge in [-0.25, -0.2) is 4.98 Å². The first kappa shape index (κ1) is 20.9. The van der Waals surface area contributed by atoms with Crippen molar-refractivity contribution in [3.8, 4) is 5.75 Å². The second-order valence-electron chi connectivity index (χ2n) is 6.60. The summed E-state index contributed by atoms with van der Waals surface area (Å²) in [4.78, 5) is 17.5. The van der Waals surface area contributed by atoms with E-state index in [0.717, 1.165) is 28.3 Å². The first-order chi connectivity index (χ1) is 12.9. The van der Waals surface area contributed by atoms with E-state index in [0.29, 0.717) is 25.5 Å². The summed E-state index contributed by atoms with van der Waals surface area (Å²) in [5.74, 6) is 1.08. The number of anilines is 2. The van der Waals surface area contributed by atoms with Crippen LogP contribution in [0.5, 0.6) is 5.75 Å². The van der Waals surface area contributed by atoms with Crippen LogP contribution in [0.2, 0.25) is 0 Å². The molecule has 148 valence electrons. The zero-order valence-corrected chi connectivity index (χ0v) is 17.0. The van der Waals surface area contributed by atoms with Gasteiger partial charge in [0.25, 0.3) is 5.56 Å². The lowest BCUT2D eigenvalue weighted by Gasteiger charge is -2.21. The van der Waals surface area contributed by atoms with E-state index in [-0.39, 0.29) is 11.6 Å². The lowest BCUT2D eigenvalue weighted by atomic mass is 10.1. The van der Waals surface area contributed by atoms with Crippen LogP contribution in [-0.4, -0.2) is 44.1 Å². The Bertz CT molecular complexity index is 809. The first-order valence-corrected chi connectivity index (χ1v) is 8.91. The maximum absolute atomic E-state index is 13.1. The van der Waals surface area contributed by atoms with E-state index in [1.54, 1.807) is 32.1 Å². The lowest BCUT2D eigenvalue weighted by molar-refractivity contribution is 0.119. The molecule has 1 N–H and O–H groups in total. The van der Waals surface area contributed by atoms with Crippen molar-refractivity contribution in [1.29, 1.82) is 0 Å². The molecule has 1 atom stereocenters. The monoisotopic (exact) mass is 375 g/mol. The first-order valence-electron chi connectivity index (χ1n) is 8.91. The van der Waals surface area contributed by atoms with Crippen molar-refractivity contribution in [3.63, 3.8) is 0 Å². The normalized spacial score (nSPS) is 12.1. The van der Waals surface area contributed by atoms with Crippen molar-refractivity contribution in [1.82, 2.24) is 9.55 Å². The number of hydrogen-bond acceptors (Lipinski definition) is 6. The van der Waals surface area contributed by atoms with Crippen LogP contribution in [0.15, 0.2) is 23.1 Å². The Morgan fingerprint density at radius 1 is 1.11 bits per heavy atom. The maximum atomic E-state index is 13.1. The third kappa shape index (κ3) is 5.08. The predicted octanol–water partition coefficient (Wildman–Crippen LogP) is 3.14. The summed E-state index contributed by atoms with van der Waals surface area (Å²) < 4.78 is 17.5. The van der Waals surface area contributed by atoms with E-state index >= 15 is 0 Å². The minimum Gasteiger partial charge on any atom is -0.497 e. The molecule has 0 aliphatic carbocycles. The summed E-state index contributed by atoms with van der Waals surface area (Å²) >= 11 is 0. The van der Waals surface area contributed by atoms with Gasteiger partial charge >= 0.3 is 0 Å². The third-order valence-electron chi connectivity index (χ3n) is 4.44. The van der Waals surface area contributed by atoms with E-state index in [1.165, 1.54) is 0 Å². The molecule has 0 radical (unpaired) electrons. The maximum Gasteiger partial charge on any atom is 0.294 e. The quantitative estimate of drug-likeness (QED) is 0.726. The van der Waals surface area contributed by atoms with Gasteiger partial charge in [-0.3, -0.25) is 4.79 Å². The Labute approximate surface area is 160 Å². The van der Waals surface area contributed by atoms with Gasteiger partial charge in [0.2, 0.25) is 0 Å². The number of hydrogen-bond donors (Lipinski definition) is 1. The molecule has 1 aromatic carbocycles. The molecule has 2 rings (SSSR count). The Kier molecular flexibility index (Phi) is 7.38. The van der Waals surface area contributed by atoms with Crippen LogP contribution >= 0.6 is 0 Å². The van der Waals surface area contributed by atoms with Gasteiger partial charge in [0.15, 0.2) is 5.82 Å². The van der Waals surface area contributed by atoms with E-state index in [4.69, 9.17) is 14.2 Å². The highest BCUT2D eigenvalue weighted by Gasteiger charge is 2.17. The molecule has 27 heavy (non-hydrogen) atoms. The number of methoxy groups -OCH3 is 3. The van der Waals surface area contributed by atoms with Crippen molar-refractivity contribution >= 4 is 11.5 Å². The van der Waals surface area contributed by atoms with Crippen molar-refractivity contribution in [2.24, 2.45) is 0 Å². The van der Waals surface area contributed by atoms with Crippen molar-refractivity contribution in [2.75, 3.05) is 39.9 Å². The molecule has 0 aliphatic heterocycles. The second kappa shape index (κ2) is 9.53. The molecule has 0 saturated heterocycles. The number of rotatable bonds is 9. The van der Waals surface area contributed by atoms with Gasteiger partial charge in [-0.15, -0.1) is 0 Å². The van der Waals surface area contributed by atoms with E-state index in [9.17, 15) is 4.79 Å². The van der Waals surface area contributed by atoms with Crippen LogP contribution < -0.4 is 15.6 Å². The van der Waals surface area contributed by atoms with Gasteiger partial charge in [0, 0.05) is 32.7 Å². The van der Waals surface area contributed by atoms with Gasteiger partial charge in [0.1, 0.15) is 5.75 Å². The fraction of sp³-hybridized carbons (Fsp3) is 0.500. The molecule has 7 heteroatoms. The summed E-state index contributed by atoms with van der Waals surface area (Å²) in [7, 11) is 4.91. The number of aryl methyl sites for hydroxylation is 3. The molecule has 2 aromatic rings. The van der Waals surface area contributed by atoms with Gasteiger partial charge in [-0.1, -0.05) is 0 Å². The zero-order chi connectivity index (χ0) is 20.0. The summed E-state index contributed by atoms with van der Waals surface area (Å²) in [6.07, 6.45) is 2.44. The van der Waals surface area contributed by atoms with Gasteiger partial charge < -0.3 is 24.1 Å². The molecular formula is C20H29N3O4. The third-order valence-corrected chi connectivity index (χ3v) is 4.44. The summed E-state index contributed by atoms with van der Waals surface area (Å²) in [5.41, 5.74) is 3.38. The standard InChI is InChI=1S/C20H29N3O4/c1-13-9-17(27-6)10-14(2)18(13)22-19-20(24)23(11-15(3)21-19)16(12-26-5)7-8-25-4/h9-11,16H,7-8,12H2,1-6H3,(H,21,22). The molecule has 1 heterocycles. The summed E-state index contributed by atoms with van der Waals surface area (Å²) in [5, 5.41) is 3.22. The van der Waals surface area contributed by atoms with Crippen molar-refractivity contribution < 1.29 is 14.2 Å². The predicted molar refractivity (Wildman–Crippen MR) is 106 cm³/mol. The zero-order valence-electron chi connectivity index (χ0n) is 17.0. The molecule has 0 spiro atoms. The largest absolute Gasteiger partial charge is 0.497 e. The summed E-state index contributed by atoms with van der Waals surface area (Å²) in [6, 6.07) is 3.73. The van der Waals surface area contributed by atoms with Crippen LogP contribution in [0.3, 0.4) is 0 Å². The molecule has 7 nitrogen and oxygen atoms in total. The van der Waals surface area contributed by atoms with E-state index in [2.05, 4.69) is 10.3 Å². The van der Waals surface area contributed by atoms with E-state index in [1.807, 2.05) is 32.9 Å². The molecule has 1 aromatic heterocycles. The van der Waals surface area contributed by atoms with Gasteiger partial charge in [-0.05, 0) is 50.5 Å². The molecule has 0 saturated carbocycles. The molecule has 0 aliphatic rings. The SMILES string of the molecule is COCCC(COC)n1cc(C)nc(Nc2c(C)cc(OC)cc2C)c1=O. The van der Waals surface area contributed by atoms with Crippen molar-refractivity contribution in [2.45, 2.75) is 33.2 Å². The highest BCUT2D eigenvalue weighted by Crippen LogP contribution is 2.28. The fourth-order valence-corrected chi connectivity index (χ4v) is 3.09. The Morgan fingerprint density at radius 3 is 2.33 bits per heavy atom. The second-order valence-corrected chi connectivity index (χ2v) is 6.60. The number of benzene rings is 1. The van der Waals surface area contributed by atoms with Gasteiger partial charge in [-0.2, -0.15) is 0 Å². The minimum absolute atomic E-state index is 0.122. The molecule has 0 fully saturated rings. The van der Waals surface area contributed by atoms with Crippen LogP contribution in [0.1, 0.15) is 29.3 Å². The molecule has 0 amide bonds.